The minimum Gasteiger partial charge on any atom is -0.314 e. The number of terminal acetylenes is 1. The van der Waals surface area contributed by atoms with Gasteiger partial charge in [0.05, 0.1) is 16.7 Å². The zero-order valence-corrected chi connectivity index (χ0v) is 37.8. The molecular formula is C60H49N3S. The van der Waals surface area contributed by atoms with E-state index in [1.807, 2.05) is 6.07 Å². The van der Waals surface area contributed by atoms with Crippen LogP contribution in [0, 0.1) is 24.5 Å². The molecule has 1 aliphatic carbocycles. The van der Waals surface area contributed by atoms with Crippen molar-refractivity contribution in [2.24, 2.45) is 0 Å². The summed E-state index contributed by atoms with van der Waals surface area (Å²) >= 11 is 1.78. The first kappa shape index (κ1) is 40.7. The van der Waals surface area contributed by atoms with E-state index in [-0.39, 0.29) is 5.41 Å². The highest BCUT2D eigenvalue weighted by Gasteiger charge is 2.35. The van der Waals surface area contributed by atoms with Crippen molar-refractivity contribution < 1.29 is 0 Å². The van der Waals surface area contributed by atoms with Crippen molar-refractivity contribution in [3.8, 4) is 18.0 Å². The molecule has 8 aromatic rings. The Hall–Kier alpha value is -7.37. The lowest BCUT2D eigenvalue weighted by molar-refractivity contribution is 0.653. The van der Waals surface area contributed by atoms with E-state index in [9.17, 15) is 0 Å². The first-order chi connectivity index (χ1) is 31.3. The third kappa shape index (κ3) is 7.02. The van der Waals surface area contributed by atoms with Crippen LogP contribution >= 0.6 is 11.8 Å². The number of hydrogen-bond donors (Lipinski definition) is 0. The van der Waals surface area contributed by atoms with Gasteiger partial charge in [-0.3, -0.25) is 0 Å². The molecule has 64 heavy (non-hydrogen) atoms. The van der Waals surface area contributed by atoms with Gasteiger partial charge >= 0.3 is 0 Å². The molecule has 0 atom stereocenters. The smallest absolute Gasteiger partial charge is 0.111 e. The van der Waals surface area contributed by atoms with Gasteiger partial charge in [-0.2, -0.15) is 0 Å². The second kappa shape index (κ2) is 16.7. The van der Waals surface area contributed by atoms with Gasteiger partial charge in [-0.05, 0) is 139 Å². The number of aromatic nitrogens is 1. The molecule has 10 rings (SSSR count). The molecule has 0 amide bonds. The van der Waals surface area contributed by atoms with Gasteiger partial charge in [-0.15, -0.1) is 12.3 Å². The van der Waals surface area contributed by atoms with Gasteiger partial charge in [0, 0.05) is 60.8 Å². The summed E-state index contributed by atoms with van der Waals surface area (Å²) in [5.74, 6) is 2.77. The lowest BCUT2D eigenvalue weighted by Gasteiger charge is -2.31. The number of rotatable bonds is 10. The molecule has 0 saturated carbocycles. The van der Waals surface area contributed by atoms with E-state index >= 15 is 0 Å². The van der Waals surface area contributed by atoms with Crippen LogP contribution in [0.5, 0.6) is 0 Å². The molecule has 0 fully saturated rings. The molecule has 2 heterocycles. The Kier molecular flexibility index (Phi) is 10.6. The van der Waals surface area contributed by atoms with Crippen molar-refractivity contribution in [3.63, 3.8) is 0 Å². The van der Waals surface area contributed by atoms with Gasteiger partial charge < -0.3 is 14.4 Å². The second-order valence-corrected chi connectivity index (χ2v) is 18.1. The zero-order chi connectivity index (χ0) is 44.0. The van der Waals surface area contributed by atoms with Crippen LogP contribution in [0.15, 0.2) is 197 Å². The van der Waals surface area contributed by atoms with E-state index in [2.05, 4.69) is 237 Å². The van der Waals surface area contributed by atoms with Crippen LogP contribution in [0.2, 0.25) is 0 Å². The highest BCUT2D eigenvalue weighted by atomic mass is 32.2. The van der Waals surface area contributed by atoms with Crippen molar-refractivity contribution in [2.75, 3.05) is 9.80 Å². The molecule has 0 bridgehead atoms. The van der Waals surface area contributed by atoms with Gasteiger partial charge in [0.2, 0.25) is 0 Å². The van der Waals surface area contributed by atoms with Crippen LogP contribution in [0.1, 0.15) is 64.2 Å². The van der Waals surface area contributed by atoms with Crippen molar-refractivity contribution in [3.05, 3.63) is 216 Å². The molecule has 4 heteroatoms. The number of para-hydroxylation sites is 2. The van der Waals surface area contributed by atoms with Crippen LogP contribution in [0.4, 0.5) is 28.4 Å². The maximum atomic E-state index is 5.65. The fourth-order valence-electron chi connectivity index (χ4n) is 9.77. The standard InChI is InChI=1S/C60H49N3S/c1-7-9-11-26-52-42(4)49-36-34-47(39-53(49)60(52,5)6)61(41(3)32-33-43(8-2)44-21-12-10-13-22-44)48-35-37-51-50-25-14-15-27-54(50)62(57(51)40-48)45-23-20-24-46(38-45)63-55-28-16-18-30-58(55)64-59-31-19-17-29-56(59)63/h1,10-16,18-28,30-40H,8-9H2,2-6H3/b26-11-,41-32+,43-33+. The summed E-state index contributed by atoms with van der Waals surface area (Å²) < 4.78 is 2.43. The predicted molar refractivity (Wildman–Crippen MR) is 273 cm³/mol. The largest absolute Gasteiger partial charge is 0.314 e. The molecule has 310 valence electrons. The first-order valence-corrected chi connectivity index (χ1v) is 22.9. The minimum absolute atomic E-state index is 0.197. The maximum Gasteiger partial charge on any atom is 0.111 e. The lowest BCUT2D eigenvalue weighted by atomic mass is 9.80. The number of nitrogens with zero attached hydrogens (tertiary/aromatic N) is 3. The summed E-state index contributed by atoms with van der Waals surface area (Å²) in [5.41, 5.74) is 17.5. The van der Waals surface area contributed by atoms with Gasteiger partial charge in [-0.1, -0.05) is 136 Å². The minimum atomic E-state index is -0.197. The van der Waals surface area contributed by atoms with Crippen molar-refractivity contribution >= 4 is 73.2 Å². The maximum absolute atomic E-state index is 5.65. The monoisotopic (exact) mass is 843 g/mol. The third-order valence-electron chi connectivity index (χ3n) is 12.9. The van der Waals surface area contributed by atoms with Crippen molar-refractivity contribution in [1.29, 1.82) is 0 Å². The van der Waals surface area contributed by atoms with Crippen LogP contribution in [-0.4, -0.2) is 4.57 Å². The van der Waals surface area contributed by atoms with E-state index in [1.165, 1.54) is 49.1 Å². The summed E-state index contributed by atoms with van der Waals surface area (Å²) in [4.78, 5) is 7.13. The highest BCUT2D eigenvalue weighted by molar-refractivity contribution is 7.99. The van der Waals surface area contributed by atoms with Crippen LogP contribution in [-0.2, 0) is 5.41 Å². The second-order valence-electron chi connectivity index (χ2n) is 17.1. The Morgan fingerprint density at radius 2 is 1.52 bits per heavy atom. The molecule has 7 aromatic carbocycles. The normalized spacial score (nSPS) is 14.4. The summed E-state index contributed by atoms with van der Waals surface area (Å²) in [5, 5.41) is 2.42. The lowest BCUT2D eigenvalue weighted by Crippen LogP contribution is -2.19. The fraction of sp³-hybridized carbons (Fsp3) is 0.133. The van der Waals surface area contributed by atoms with Crippen LogP contribution in [0.25, 0.3) is 38.6 Å². The van der Waals surface area contributed by atoms with Crippen molar-refractivity contribution in [2.45, 2.75) is 62.7 Å². The fourth-order valence-corrected chi connectivity index (χ4v) is 10.8. The molecule has 0 N–H and O–H groups in total. The first-order valence-electron chi connectivity index (χ1n) is 22.1. The zero-order valence-electron chi connectivity index (χ0n) is 37.0. The molecule has 1 aliphatic heterocycles. The van der Waals surface area contributed by atoms with Crippen LogP contribution in [0.3, 0.4) is 0 Å². The molecule has 0 unspecified atom stereocenters. The van der Waals surface area contributed by atoms with E-state index in [0.29, 0.717) is 6.42 Å². The quantitative estimate of drug-likeness (QED) is 0.100. The number of benzene rings is 6. The molecule has 1 aromatic heterocycles. The molecular weight excluding hydrogens is 795 g/mol. The Balaban J connectivity index is 1.15. The van der Waals surface area contributed by atoms with E-state index in [0.717, 1.165) is 62.2 Å². The molecule has 0 spiro atoms. The average Bonchev–Trinajstić information content (AvgIpc) is 3.75. The molecule has 0 saturated heterocycles. The van der Waals surface area contributed by atoms with Gasteiger partial charge in [0.15, 0.2) is 0 Å². The van der Waals surface area contributed by atoms with E-state index in [1.54, 1.807) is 11.8 Å². The van der Waals surface area contributed by atoms with Gasteiger partial charge in [-0.25, -0.2) is 0 Å². The topological polar surface area (TPSA) is 11.4 Å². The Morgan fingerprint density at radius 1 is 0.766 bits per heavy atom. The Labute approximate surface area is 382 Å². The Morgan fingerprint density at radius 3 is 2.36 bits per heavy atom. The average molecular weight is 844 g/mol. The molecule has 2 aliphatic rings. The number of allylic oxidation sites excluding steroid dienone is 8. The summed E-state index contributed by atoms with van der Waals surface area (Å²) in [7, 11) is 0. The summed E-state index contributed by atoms with van der Waals surface area (Å²) in [6.07, 6.45) is 16.1. The highest BCUT2D eigenvalue weighted by Crippen LogP contribution is 2.52. The van der Waals surface area contributed by atoms with E-state index < -0.39 is 0 Å². The number of anilines is 5. The predicted octanol–water partition coefficient (Wildman–Crippen LogP) is 16.5. The molecule has 0 radical (unpaired) electrons. The number of fused-ring (bicyclic) bond motifs is 6. The van der Waals surface area contributed by atoms with E-state index in [4.69, 9.17) is 6.42 Å². The Bertz CT molecular complexity index is 3230. The SMILES string of the molecule is C#CC/C=C\C1=C(C)c2ccc(N(/C(C)=C/C=C(\CC)c3ccccc3)c3ccc4c5ccccc5n(-c5cccc(N6c7c#cccc7Sc7ccccc76)c5)c4c3)cc2C1(C)C. The number of hydrogen-bond acceptors (Lipinski definition) is 3. The van der Waals surface area contributed by atoms with Crippen molar-refractivity contribution in [1.82, 2.24) is 4.57 Å². The van der Waals surface area contributed by atoms with Gasteiger partial charge in [0.1, 0.15) is 5.69 Å². The van der Waals surface area contributed by atoms with Gasteiger partial charge in [0.25, 0.3) is 0 Å². The molecule has 3 nitrogen and oxygen atoms in total. The third-order valence-corrected chi connectivity index (χ3v) is 14.0. The van der Waals surface area contributed by atoms with Crippen LogP contribution < -0.4 is 9.80 Å². The summed E-state index contributed by atoms with van der Waals surface area (Å²) in [6, 6.07) is 61.8. The summed E-state index contributed by atoms with van der Waals surface area (Å²) in [6.45, 7) is 11.4.